The number of carbonyl (C=O) groups is 3. The average molecular weight is 543 g/mol. The lowest BCUT2D eigenvalue weighted by atomic mass is 10.1. The summed E-state index contributed by atoms with van der Waals surface area (Å²) in [5.41, 5.74) is 3.89. The van der Waals surface area contributed by atoms with Crippen molar-refractivity contribution >= 4 is 69.6 Å². The van der Waals surface area contributed by atoms with Gasteiger partial charge >= 0.3 is 0 Å². The zero-order chi connectivity index (χ0) is 25.8. The van der Waals surface area contributed by atoms with Crippen molar-refractivity contribution in [3.05, 3.63) is 88.4 Å². The number of thiocarbonyl (C=S) groups is 1. The minimum absolute atomic E-state index is 0.0131. The molecule has 3 amide bonds. The second-order valence-corrected chi connectivity index (χ2v) is 8.99. The largest absolute Gasteiger partial charge is 0.497 e. The molecule has 1 aliphatic rings. The van der Waals surface area contributed by atoms with Crippen LogP contribution in [0.2, 0.25) is 10.0 Å². The van der Waals surface area contributed by atoms with Crippen molar-refractivity contribution in [2.75, 3.05) is 17.3 Å². The first-order chi connectivity index (χ1) is 17.3. The summed E-state index contributed by atoms with van der Waals surface area (Å²) in [4.78, 5) is 40.6. The molecule has 1 heterocycles. The van der Waals surface area contributed by atoms with E-state index in [1.54, 1.807) is 72.8 Å². The number of nitrogens with one attached hydrogen (secondary N) is 2. The lowest BCUT2D eigenvalue weighted by Gasteiger charge is -2.24. The number of benzene rings is 3. The SMILES string of the molecule is COc1cccc(C(=O)NN2C(=S)N(c3ccc(Cl)cc3)C(=O)[C@@H]2CC(=O)Nc2cccc(Cl)c2)c1. The van der Waals surface area contributed by atoms with Gasteiger partial charge in [-0.05, 0) is 72.9 Å². The molecule has 0 radical (unpaired) electrons. The fraction of sp³-hybridized carbons (Fsp3) is 0.120. The molecule has 1 atom stereocenters. The highest BCUT2D eigenvalue weighted by Crippen LogP contribution is 2.28. The van der Waals surface area contributed by atoms with E-state index in [4.69, 9.17) is 40.2 Å². The van der Waals surface area contributed by atoms with Crippen molar-refractivity contribution in [1.82, 2.24) is 10.4 Å². The van der Waals surface area contributed by atoms with E-state index in [1.165, 1.54) is 17.0 Å². The third-order valence-corrected chi connectivity index (χ3v) is 6.21. The predicted octanol–water partition coefficient (Wildman–Crippen LogP) is 4.68. The standard InChI is InChI=1S/C25H20Cl2N4O4S/c1-35-20-7-2-4-15(12-20)23(33)29-31-21(14-22(32)28-18-6-3-5-17(27)13-18)24(34)30(25(31)36)19-10-8-16(26)9-11-19/h2-13,21H,14H2,1H3,(H,28,32)(H,29,33)/t21-/m0/s1. The summed E-state index contributed by atoms with van der Waals surface area (Å²) in [7, 11) is 1.49. The summed E-state index contributed by atoms with van der Waals surface area (Å²) in [6.07, 6.45) is -0.284. The topological polar surface area (TPSA) is 91.0 Å². The molecule has 8 nitrogen and oxygen atoms in total. The quantitative estimate of drug-likeness (QED) is 0.421. The Morgan fingerprint density at radius 1 is 1.00 bits per heavy atom. The van der Waals surface area contributed by atoms with Crippen LogP contribution in [-0.4, -0.2) is 41.0 Å². The summed E-state index contributed by atoms with van der Waals surface area (Å²) in [5, 5.41) is 4.89. The first kappa shape index (κ1) is 25.4. The number of hydrogen-bond acceptors (Lipinski definition) is 5. The van der Waals surface area contributed by atoms with E-state index in [9.17, 15) is 14.4 Å². The van der Waals surface area contributed by atoms with Crippen molar-refractivity contribution in [1.29, 1.82) is 0 Å². The van der Waals surface area contributed by atoms with Crippen LogP contribution in [0.25, 0.3) is 0 Å². The fourth-order valence-electron chi connectivity index (χ4n) is 3.62. The number of hydrogen-bond donors (Lipinski definition) is 2. The van der Waals surface area contributed by atoms with Crippen molar-refractivity contribution in [2.45, 2.75) is 12.5 Å². The number of anilines is 2. The minimum atomic E-state index is -1.10. The Bertz CT molecular complexity index is 1340. The molecule has 3 aromatic rings. The molecular formula is C25H20Cl2N4O4S. The highest BCUT2D eigenvalue weighted by atomic mass is 35.5. The van der Waals surface area contributed by atoms with Gasteiger partial charge in [0.1, 0.15) is 11.8 Å². The lowest BCUT2D eigenvalue weighted by Crippen LogP contribution is -2.49. The lowest BCUT2D eigenvalue weighted by molar-refractivity contribution is -0.124. The number of hydrazine groups is 1. The van der Waals surface area contributed by atoms with Gasteiger partial charge in [-0.15, -0.1) is 0 Å². The van der Waals surface area contributed by atoms with Crippen LogP contribution in [0, 0.1) is 0 Å². The number of rotatable bonds is 7. The number of amides is 3. The van der Waals surface area contributed by atoms with Crippen LogP contribution in [0.5, 0.6) is 5.75 Å². The Balaban J connectivity index is 1.61. The summed E-state index contributed by atoms with van der Waals surface area (Å²) >= 11 is 17.5. The van der Waals surface area contributed by atoms with Gasteiger partial charge in [-0.1, -0.05) is 35.3 Å². The third kappa shape index (κ3) is 5.59. The van der Waals surface area contributed by atoms with Gasteiger partial charge in [-0.25, -0.2) is 5.01 Å². The van der Waals surface area contributed by atoms with E-state index in [0.29, 0.717) is 27.2 Å². The smallest absolute Gasteiger partial charge is 0.270 e. The van der Waals surface area contributed by atoms with Gasteiger partial charge in [0.25, 0.3) is 11.8 Å². The van der Waals surface area contributed by atoms with Gasteiger partial charge in [0.05, 0.1) is 19.2 Å². The van der Waals surface area contributed by atoms with Gasteiger partial charge in [-0.3, -0.25) is 24.7 Å². The first-order valence-electron chi connectivity index (χ1n) is 10.7. The monoisotopic (exact) mass is 542 g/mol. The van der Waals surface area contributed by atoms with Crippen LogP contribution in [0.3, 0.4) is 0 Å². The second kappa shape index (κ2) is 10.9. The molecular weight excluding hydrogens is 523 g/mol. The molecule has 184 valence electrons. The maximum absolute atomic E-state index is 13.5. The highest BCUT2D eigenvalue weighted by molar-refractivity contribution is 7.80. The van der Waals surface area contributed by atoms with Gasteiger partial charge < -0.3 is 10.1 Å². The number of ether oxygens (including phenoxy) is 1. The van der Waals surface area contributed by atoms with E-state index in [-0.39, 0.29) is 17.1 Å². The van der Waals surface area contributed by atoms with Crippen molar-refractivity contribution in [3.63, 3.8) is 0 Å². The molecule has 2 N–H and O–H groups in total. The summed E-state index contributed by atoms with van der Waals surface area (Å²) in [5.74, 6) is -0.975. The number of carbonyl (C=O) groups excluding carboxylic acids is 3. The fourth-order valence-corrected chi connectivity index (χ4v) is 4.30. The maximum atomic E-state index is 13.5. The molecule has 36 heavy (non-hydrogen) atoms. The average Bonchev–Trinajstić information content (AvgIpc) is 3.08. The summed E-state index contributed by atoms with van der Waals surface area (Å²) in [6, 6.07) is 18.5. The molecule has 3 aromatic carbocycles. The van der Waals surface area contributed by atoms with Crippen LogP contribution in [0.15, 0.2) is 72.8 Å². The molecule has 0 aliphatic carbocycles. The van der Waals surface area contributed by atoms with E-state index >= 15 is 0 Å². The van der Waals surface area contributed by atoms with Crippen molar-refractivity contribution in [3.8, 4) is 5.75 Å². The highest BCUT2D eigenvalue weighted by Gasteiger charge is 2.45. The molecule has 0 saturated carbocycles. The van der Waals surface area contributed by atoms with Crippen molar-refractivity contribution < 1.29 is 19.1 Å². The molecule has 4 rings (SSSR count). The molecule has 0 aromatic heterocycles. The molecule has 1 aliphatic heterocycles. The molecule has 11 heteroatoms. The molecule has 0 unspecified atom stereocenters. The molecule has 1 saturated heterocycles. The summed E-state index contributed by atoms with van der Waals surface area (Å²) < 4.78 is 5.18. The number of nitrogens with zero attached hydrogens (tertiary/aromatic N) is 2. The van der Waals surface area contributed by atoms with E-state index in [2.05, 4.69) is 10.7 Å². The van der Waals surface area contributed by atoms with Gasteiger partial charge in [0, 0.05) is 21.3 Å². The Morgan fingerprint density at radius 3 is 2.42 bits per heavy atom. The number of methoxy groups -OCH3 is 1. The third-order valence-electron chi connectivity index (χ3n) is 5.34. The summed E-state index contributed by atoms with van der Waals surface area (Å²) in [6.45, 7) is 0. The van der Waals surface area contributed by atoms with Crippen LogP contribution >= 0.6 is 35.4 Å². The van der Waals surface area contributed by atoms with Crippen LogP contribution in [0.4, 0.5) is 11.4 Å². The van der Waals surface area contributed by atoms with E-state index in [0.717, 1.165) is 0 Å². The zero-order valence-corrected chi connectivity index (χ0v) is 21.2. The van der Waals surface area contributed by atoms with Crippen LogP contribution < -0.4 is 20.4 Å². The van der Waals surface area contributed by atoms with E-state index in [1.807, 2.05) is 0 Å². The molecule has 0 bridgehead atoms. The van der Waals surface area contributed by atoms with Gasteiger partial charge in [0.15, 0.2) is 0 Å². The Kier molecular flexibility index (Phi) is 7.73. The maximum Gasteiger partial charge on any atom is 0.270 e. The van der Waals surface area contributed by atoms with Crippen molar-refractivity contribution in [2.24, 2.45) is 0 Å². The van der Waals surface area contributed by atoms with Crippen LogP contribution in [-0.2, 0) is 9.59 Å². The predicted molar refractivity (Wildman–Crippen MR) is 142 cm³/mol. The Labute approximate surface area is 222 Å². The molecule has 0 spiro atoms. The van der Waals surface area contributed by atoms with Gasteiger partial charge in [-0.2, -0.15) is 0 Å². The second-order valence-electron chi connectivity index (χ2n) is 7.75. The normalized spacial score (nSPS) is 15.1. The molecule has 1 fully saturated rings. The van der Waals surface area contributed by atoms with E-state index < -0.39 is 23.8 Å². The first-order valence-corrected chi connectivity index (χ1v) is 11.9. The Morgan fingerprint density at radius 2 is 1.72 bits per heavy atom. The minimum Gasteiger partial charge on any atom is -0.497 e. The Hall–Kier alpha value is -3.66. The number of halogens is 2. The van der Waals surface area contributed by atoms with Crippen LogP contribution in [0.1, 0.15) is 16.8 Å². The zero-order valence-electron chi connectivity index (χ0n) is 18.9. The van der Waals surface area contributed by atoms with Gasteiger partial charge in [0.2, 0.25) is 11.0 Å².